The van der Waals surface area contributed by atoms with Crippen molar-refractivity contribution in [2.45, 2.75) is 19.3 Å². The molecule has 0 saturated carbocycles. The van der Waals surface area contributed by atoms with Gasteiger partial charge in [-0.3, -0.25) is 9.59 Å². The number of hydrogen-bond donors (Lipinski definition) is 1. The fourth-order valence-corrected chi connectivity index (χ4v) is 2.65. The van der Waals surface area contributed by atoms with Gasteiger partial charge in [0.2, 0.25) is 0 Å². The molecular weight excluding hydrogens is 277 g/mol. The molecular formula is C15H18FNO4. The van der Waals surface area contributed by atoms with Crippen molar-refractivity contribution in [1.82, 2.24) is 4.90 Å². The number of likely N-dealkylation sites (tertiary alicyclic amines) is 1. The number of carbonyl (C=O) groups excluding carboxylic acids is 1. The summed E-state index contributed by atoms with van der Waals surface area (Å²) < 4.78 is 18.5. The van der Waals surface area contributed by atoms with E-state index in [4.69, 9.17) is 9.84 Å². The van der Waals surface area contributed by atoms with E-state index in [0.717, 1.165) is 18.9 Å². The first-order valence-corrected chi connectivity index (χ1v) is 6.86. The van der Waals surface area contributed by atoms with Crippen LogP contribution in [-0.4, -0.2) is 42.1 Å². The number of halogens is 1. The molecule has 1 aliphatic rings. The number of ether oxygens (including phenoxy) is 1. The van der Waals surface area contributed by atoms with E-state index >= 15 is 0 Å². The zero-order chi connectivity index (χ0) is 15.4. The monoisotopic (exact) mass is 295 g/mol. The molecule has 1 aromatic carbocycles. The van der Waals surface area contributed by atoms with Crippen molar-refractivity contribution >= 4 is 11.9 Å². The van der Waals surface area contributed by atoms with Crippen molar-refractivity contribution in [3.8, 4) is 5.75 Å². The van der Waals surface area contributed by atoms with E-state index < -0.39 is 11.8 Å². The van der Waals surface area contributed by atoms with Gasteiger partial charge in [0.25, 0.3) is 5.91 Å². The van der Waals surface area contributed by atoms with Crippen molar-refractivity contribution in [1.29, 1.82) is 0 Å². The van der Waals surface area contributed by atoms with E-state index in [1.807, 2.05) is 0 Å². The summed E-state index contributed by atoms with van der Waals surface area (Å²) in [6, 6.07) is 4.09. The Hall–Kier alpha value is -2.11. The van der Waals surface area contributed by atoms with Crippen LogP contribution in [0.25, 0.3) is 0 Å². The molecule has 5 nitrogen and oxygen atoms in total. The Bertz CT molecular complexity index is 546. The molecule has 21 heavy (non-hydrogen) atoms. The van der Waals surface area contributed by atoms with Crippen molar-refractivity contribution < 1.29 is 23.8 Å². The molecule has 2 rings (SSSR count). The smallest absolute Gasteiger partial charge is 0.303 e. The van der Waals surface area contributed by atoms with Crippen LogP contribution in [-0.2, 0) is 4.79 Å². The van der Waals surface area contributed by atoms with Gasteiger partial charge >= 0.3 is 5.97 Å². The molecule has 1 N–H and O–H groups in total. The van der Waals surface area contributed by atoms with Gasteiger partial charge in [0.15, 0.2) is 11.6 Å². The molecule has 114 valence electrons. The maximum Gasteiger partial charge on any atom is 0.303 e. The van der Waals surface area contributed by atoms with Crippen LogP contribution >= 0.6 is 0 Å². The molecule has 0 aliphatic carbocycles. The second-order valence-electron chi connectivity index (χ2n) is 5.21. The second kappa shape index (κ2) is 6.56. The predicted octanol–water partition coefficient (Wildman–Crippen LogP) is 2.16. The lowest BCUT2D eigenvalue weighted by atomic mass is 9.94. The molecule has 1 heterocycles. The van der Waals surface area contributed by atoms with Crippen LogP contribution in [0.1, 0.15) is 29.6 Å². The molecule has 1 saturated heterocycles. The first-order chi connectivity index (χ1) is 10.0. The molecule has 1 fully saturated rings. The van der Waals surface area contributed by atoms with Gasteiger partial charge in [-0.1, -0.05) is 0 Å². The van der Waals surface area contributed by atoms with Crippen molar-refractivity contribution in [3.05, 3.63) is 29.6 Å². The Morgan fingerprint density at radius 1 is 1.48 bits per heavy atom. The zero-order valence-corrected chi connectivity index (χ0v) is 11.8. The topological polar surface area (TPSA) is 66.8 Å². The van der Waals surface area contributed by atoms with E-state index in [-0.39, 0.29) is 29.6 Å². The normalized spacial score (nSPS) is 18.4. The number of amides is 1. The number of carboxylic acid groups (broad SMARTS) is 1. The van der Waals surface area contributed by atoms with Crippen molar-refractivity contribution in [3.63, 3.8) is 0 Å². The largest absolute Gasteiger partial charge is 0.494 e. The van der Waals surface area contributed by atoms with Crippen LogP contribution in [0.4, 0.5) is 4.39 Å². The van der Waals surface area contributed by atoms with Crippen molar-refractivity contribution in [2.75, 3.05) is 20.2 Å². The summed E-state index contributed by atoms with van der Waals surface area (Å²) in [4.78, 5) is 24.7. The highest BCUT2D eigenvalue weighted by molar-refractivity contribution is 5.94. The zero-order valence-electron chi connectivity index (χ0n) is 11.8. The van der Waals surface area contributed by atoms with Gasteiger partial charge in [0, 0.05) is 25.1 Å². The van der Waals surface area contributed by atoms with E-state index in [1.165, 1.54) is 19.2 Å². The average Bonchev–Trinajstić information content (AvgIpc) is 2.46. The van der Waals surface area contributed by atoms with Gasteiger partial charge in [-0.15, -0.1) is 0 Å². The number of aliphatic carboxylic acids is 1. The highest BCUT2D eigenvalue weighted by atomic mass is 19.1. The SMILES string of the molecule is COc1ccc(C(=O)N2CCCC(CC(=O)O)C2)cc1F. The first-order valence-electron chi connectivity index (χ1n) is 6.86. The number of benzene rings is 1. The van der Waals surface area contributed by atoms with Crippen LogP contribution in [0.15, 0.2) is 18.2 Å². The Kier molecular flexibility index (Phi) is 4.77. The minimum atomic E-state index is -0.857. The first kappa shape index (κ1) is 15.3. The van der Waals surface area contributed by atoms with Crippen molar-refractivity contribution in [2.24, 2.45) is 5.92 Å². The van der Waals surface area contributed by atoms with E-state index in [0.29, 0.717) is 13.1 Å². The van der Waals surface area contributed by atoms with Gasteiger partial charge in [-0.2, -0.15) is 0 Å². The molecule has 1 aliphatic heterocycles. The molecule has 1 atom stereocenters. The second-order valence-corrected chi connectivity index (χ2v) is 5.21. The molecule has 1 amide bonds. The standard InChI is InChI=1S/C15H18FNO4/c1-21-13-5-4-11(8-12(13)16)15(20)17-6-2-3-10(9-17)7-14(18)19/h4-5,8,10H,2-3,6-7,9H2,1H3,(H,18,19). The maximum absolute atomic E-state index is 13.7. The maximum atomic E-state index is 13.7. The minimum Gasteiger partial charge on any atom is -0.494 e. The average molecular weight is 295 g/mol. The summed E-state index contributed by atoms with van der Waals surface area (Å²) >= 11 is 0. The molecule has 0 radical (unpaired) electrons. The fourth-order valence-electron chi connectivity index (χ4n) is 2.65. The van der Waals surface area contributed by atoms with E-state index in [9.17, 15) is 14.0 Å². The molecule has 1 aromatic rings. The van der Waals surface area contributed by atoms with Crippen LogP contribution < -0.4 is 4.74 Å². The van der Waals surface area contributed by atoms with Crippen LogP contribution in [0, 0.1) is 11.7 Å². The quantitative estimate of drug-likeness (QED) is 0.924. The summed E-state index contributed by atoms with van der Waals surface area (Å²) in [5.41, 5.74) is 0.254. The lowest BCUT2D eigenvalue weighted by Gasteiger charge is -2.32. The van der Waals surface area contributed by atoms with Crippen LogP contribution in [0.3, 0.4) is 0 Å². The number of nitrogens with zero attached hydrogens (tertiary/aromatic N) is 1. The summed E-state index contributed by atoms with van der Waals surface area (Å²) in [5.74, 6) is -1.66. The lowest BCUT2D eigenvalue weighted by molar-refractivity contribution is -0.138. The highest BCUT2D eigenvalue weighted by Gasteiger charge is 2.26. The van der Waals surface area contributed by atoms with Gasteiger partial charge < -0.3 is 14.7 Å². The Labute approximate surface area is 122 Å². The van der Waals surface area contributed by atoms with E-state index in [2.05, 4.69) is 0 Å². The van der Waals surface area contributed by atoms with Gasteiger partial charge in [0.05, 0.1) is 7.11 Å². The van der Waals surface area contributed by atoms with Gasteiger partial charge in [-0.05, 0) is 37.0 Å². The van der Waals surface area contributed by atoms with Gasteiger partial charge in [-0.25, -0.2) is 4.39 Å². The summed E-state index contributed by atoms with van der Waals surface area (Å²) in [6.45, 7) is 0.974. The summed E-state index contributed by atoms with van der Waals surface area (Å²) in [5, 5.41) is 8.83. The third kappa shape index (κ3) is 3.71. The van der Waals surface area contributed by atoms with Gasteiger partial charge in [0.1, 0.15) is 0 Å². The number of hydrogen-bond acceptors (Lipinski definition) is 3. The number of methoxy groups -OCH3 is 1. The molecule has 0 spiro atoms. The Morgan fingerprint density at radius 2 is 2.24 bits per heavy atom. The minimum absolute atomic E-state index is 0.0386. The molecule has 0 bridgehead atoms. The third-order valence-corrected chi connectivity index (χ3v) is 3.67. The van der Waals surface area contributed by atoms with E-state index in [1.54, 1.807) is 4.90 Å². The third-order valence-electron chi connectivity index (χ3n) is 3.67. The number of carbonyl (C=O) groups is 2. The number of carboxylic acids is 1. The number of piperidine rings is 1. The summed E-state index contributed by atoms with van der Waals surface area (Å²) in [6.07, 6.45) is 1.62. The van der Waals surface area contributed by atoms with Crippen LogP contribution in [0.2, 0.25) is 0 Å². The summed E-state index contributed by atoms with van der Waals surface area (Å²) in [7, 11) is 1.36. The molecule has 6 heteroatoms. The fraction of sp³-hybridized carbons (Fsp3) is 0.467. The molecule has 1 unspecified atom stereocenters. The molecule has 0 aromatic heterocycles. The Balaban J connectivity index is 2.08. The van der Waals surface area contributed by atoms with Crippen LogP contribution in [0.5, 0.6) is 5.75 Å². The predicted molar refractivity (Wildman–Crippen MR) is 73.8 cm³/mol. The highest BCUT2D eigenvalue weighted by Crippen LogP contribution is 2.23. The Morgan fingerprint density at radius 3 is 2.86 bits per heavy atom. The number of rotatable bonds is 4. The lowest BCUT2D eigenvalue weighted by Crippen LogP contribution is -2.40.